The Balaban J connectivity index is 2.16. The van der Waals surface area contributed by atoms with Crippen molar-refractivity contribution in [2.24, 2.45) is 0 Å². The second-order valence-electron chi connectivity index (χ2n) is 7.32. The summed E-state index contributed by atoms with van der Waals surface area (Å²) in [5, 5.41) is 0. The van der Waals surface area contributed by atoms with E-state index in [0.29, 0.717) is 5.56 Å². The number of carbonyl (C=O) groups is 2. The molecule has 0 fully saturated rings. The van der Waals surface area contributed by atoms with E-state index in [2.05, 4.69) is 4.98 Å². The first-order chi connectivity index (χ1) is 11.8. The van der Waals surface area contributed by atoms with Crippen LogP contribution >= 0.6 is 0 Å². The zero-order valence-electron chi connectivity index (χ0n) is 14.9. The number of likely N-dealkylation sites (N-methyl/N-ethyl adjacent to an activating group) is 1. The first kappa shape index (κ1) is 17.1. The van der Waals surface area contributed by atoms with Crippen LogP contribution in [0.3, 0.4) is 0 Å². The molecule has 0 radical (unpaired) electrons. The summed E-state index contributed by atoms with van der Waals surface area (Å²) < 4.78 is 5.67. The van der Waals surface area contributed by atoms with Crippen LogP contribution in [0, 0.1) is 0 Å². The Hall–Kier alpha value is -2.69. The fraction of sp³-hybridized carbons (Fsp3) is 0.350. The third-order valence-corrected chi connectivity index (χ3v) is 4.36. The summed E-state index contributed by atoms with van der Waals surface area (Å²) in [6, 6.07) is 11.0. The quantitative estimate of drug-likeness (QED) is 0.638. The predicted octanol–water partition coefficient (Wildman–Crippen LogP) is 2.88. The number of nitrogens with zero attached hydrogens (tertiary/aromatic N) is 2. The number of amides is 1. The Labute approximate surface area is 147 Å². The minimum Gasteiger partial charge on any atom is -0.459 e. The lowest BCUT2D eigenvalue weighted by Gasteiger charge is -2.30. The predicted molar refractivity (Wildman–Crippen MR) is 95.3 cm³/mol. The molecule has 1 aliphatic rings. The summed E-state index contributed by atoms with van der Waals surface area (Å²) in [7, 11) is 1.69. The average molecular weight is 338 g/mol. The topological polar surface area (TPSA) is 59.5 Å². The SMILES string of the molecule is CN1C(=O)C(Cc2ccncc2)(C(=O)OC(C)(C)C)c2ccccc21. The Morgan fingerprint density at radius 3 is 2.44 bits per heavy atom. The number of pyridine rings is 1. The second kappa shape index (κ2) is 5.99. The van der Waals surface area contributed by atoms with Crippen molar-refractivity contribution in [1.29, 1.82) is 0 Å². The molecule has 1 aliphatic heterocycles. The van der Waals surface area contributed by atoms with Gasteiger partial charge in [-0.1, -0.05) is 18.2 Å². The van der Waals surface area contributed by atoms with Crippen LogP contribution in [-0.2, 0) is 26.2 Å². The van der Waals surface area contributed by atoms with E-state index < -0.39 is 17.0 Å². The summed E-state index contributed by atoms with van der Waals surface area (Å²) in [6.07, 6.45) is 3.56. The molecule has 5 heteroatoms. The van der Waals surface area contributed by atoms with E-state index in [-0.39, 0.29) is 12.3 Å². The molecule has 0 spiro atoms. The molecule has 2 aromatic rings. The van der Waals surface area contributed by atoms with Gasteiger partial charge in [0.2, 0.25) is 5.91 Å². The smallest absolute Gasteiger partial charge is 0.327 e. The van der Waals surface area contributed by atoms with Crippen molar-refractivity contribution in [1.82, 2.24) is 4.98 Å². The fourth-order valence-electron chi connectivity index (χ4n) is 3.25. The first-order valence-corrected chi connectivity index (χ1v) is 8.26. The summed E-state index contributed by atoms with van der Waals surface area (Å²) in [4.78, 5) is 32.0. The molecule has 0 bridgehead atoms. The molecule has 1 atom stereocenters. The van der Waals surface area contributed by atoms with Crippen molar-refractivity contribution < 1.29 is 14.3 Å². The van der Waals surface area contributed by atoms with Crippen LogP contribution in [0.2, 0.25) is 0 Å². The maximum Gasteiger partial charge on any atom is 0.327 e. The van der Waals surface area contributed by atoms with Gasteiger partial charge in [0, 0.05) is 37.1 Å². The number of para-hydroxylation sites is 1. The van der Waals surface area contributed by atoms with E-state index in [0.717, 1.165) is 11.3 Å². The minimum atomic E-state index is -1.38. The summed E-state index contributed by atoms with van der Waals surface area (Å²) in [5.41, 5.74) is 0.235. The Bertz CT molecular complexity index is 811. The third kappa shape index (κ3) is 2.90. The van der Waals surface area contributed by atoms with Gasteiger partial charge in [-0.2, -0.15) is 0 Å². The highest BCUT2D eigenvalue weighted by atomic mass is 16.6. The largest absolute Gasteiger partial charge is 0.459 e. The number of fused-ring (bicyclic) bond motifs is 1. The molecule has 0 N–H and O–H groups in total. The highest BCUT2D eigenvalue weighted by Gasteiger charge is 2.57. The van der Waals surface area contributed by atoms with E-state index in [1.165, 1.54) is 0 Å². The van der Waals surface area contributed by atoms with Gasteiger partial charge < -0.3 is 9.64 Å². The average Bonchev–Trinajstić information content (AvgIpc) is 2.78. The minimum absolute atomic E-state index is 0.241. The number of anilines is 1. The van der Waals surface area contributed by atoms with E-state index in [4.69, 9.17) is 4.74 Å². The number of carbonyl (C=O) groups excluding carboxylic acids is 2. The molecule has 1 aromatic heterocycles. The van der Waals surface area contributed by atoms with Gasteiger partial charge in [-0.25, -0.2) is 0 Å². The summed E-state index contributed by atoms with van der Waals surface area (Å²) in [5.74, 6) is -0.779. The lowest BCUT2D eigenvalue weighted by Crippen LogP contribution is -2.49. The van der Waals surface area contributed by atoms with E-state index >= 15 is 0 Å². The zero-order valence-corrected chi connectivity index (χ0v) is 14.9. The molecule has 3 rings (SSSR count). The highest BCUT2D eigenvalue weighted by molar-refractivity contribution is 6.20. The Morgan fingerprint density at radius 2 is 1.80 bits per heavy atom. The molecule has 0 aliphatic carbocycles. The second-order valence-corrected chi connectivity index (χ2v) is 7.32. The van der Waals surface area contributed by atoms with Crippen LogP contribution in [0.25, 0.3) is 0 Å². The molecule has 1 unspecified atom stereocenters. The number of aromatic nitrogens is 1. The van der Waals surface area contributed by atoms with Crippen LogP contribution in [-0.4, -0.2) is 29.5 Å². The third-order valence-electron chi connectivity index (χ3n) is 4.36. The van der Waals surface area contributed by atoms with E-state index in [1.54, 1.807) is 45.1 Å². The monoisotopic (exact) mass is 338 g/mol. The van der Waals surface area contributed by atoms with Crippen LogP contribution in [0.15, 0.2) is 48.8 Å². The van der Waals surface area contributed by atoms with Crippen molar-refractivity contribution in [3.05, 3.63) is 59.9 Å². The van der Waals surface area contributed by atoms with Crippen LogP contribution in [0.5, 0.6) is 0 Å². The molecular formula is C20H22N2O3. The van der Waals surface area contributed by atoms with Gasteiger partial charge in [-0.3, -0.25) is 14.6 Å². The van der Waals surface area contributed by atoms with Crippen molar-refractivity contribution in [2.75, 3.05) is 11.9 Å². The maximum absolute atomic E-state index is 13.2. The number of benzene rings is 1. The number of rotatable bonds is 3. The number of ether oxygens (including phenoxy) is 1. The lowest BCUT2D eigenvalue weighted by molar-refractivity contribution is -0.164. The van der Waals surface area contributed by atoms with Gasteiger partial charge in [-0.15, -0.1) is 0 Å². The molecule has 1 aromatic carbocycles. The molecular weight excluding hydrogens is 316 g/mol. The number of hydrogen-bond acceptors (Lipinski definition) is 4. The van der Waals surface area contributed by atoms with Crippen molar-refractivity contribution in [3.63, 3.8) is 0 Å². The van der Waals surface area contributed by atoms with Gasteiger partial charge in [0.05, 0.1) is 0 Å². The normalized spacial score (nSPS) is 19.7. The summed E-state index contributed by atoms with van der Waals surface area (Å²) in [6.45, 7) is 5.42. The number of hydrogen-bond donors (Lipinski definition) is 0. The zero-order chi connectivity index (χ0) is 18.2. The molecule has 1 amide bonds. The van der Waals surface area contributed by atoms with Crippen molar-refractivity contribution in [2.45, 2.75) is 38.2 Å². The maximum atomic E-state index is 13.2. The standard InChI is InChI=1S/C20H22N2O3/c1-19(2,3)25-18(24)20(13-14-9-11-21-12-10-14)15-7-5-6-8-16(15)22(4)17(20)23/h5-12H,13H2,1-4H3. The molecule has 0 saturated carbocycles. The molecule has 25 heavy (non-hydrogen) atoms. The van der Waals surface area contributed by atoms with E-state index in [1.807, 2.05) is 36.4 Å². The van der Waals surface area contributed by atoms with Crippen LogP contribution < -0.4 is 4.90 Å². The Kier molecular flexibility index (Phi) is 4.11. The number of esters is 1. The van der Waals surface area contributed by atoms with Crippen LogP contribution in [0.1, 0.15) is 31.9 Å². The first-order valence-electron chi connectivity index (χ1n) is 8.26. The Morgan fingerprint density at radius 1 is 1.16 bits per heavy atom. The molecule has 2 heterocycles. The lowest BCUT2D eigenvalue weighted by atomic mass is 9.76. The van der Waals surface area contributed by atoms with Gasteiger partial charge >= 0.3 is 5.97 Å². The van der Waals surface area contributed by atoms with Crippen molar-refractivity contribution >= 4 is 17.6 Å². The molecule has 5 nitrogen and oxygen atoms in total. The van der Waals surface area contributed by atoms with Gasteiger partial charge in [0.15, 0.2) is 5.41 Å². The van der Waals surface area contributed by atoms with Crippen LogP contribution in [0.4, 0.5) is 5.69 Å². The van der Waals surface area contributed by atoms with Crippen molar-refractivity contribution in [3.8, 4) is 0 Å². The molecule has 0 saturated heterocycles. The van der Waals surface area contributed by atoms with E-state index in [9.17, 15) is 9.59 Å². The highest BCUT2D eigenvalue weighted by Crippen LogP contribution is 2.44. The fourth-order valence-corrected chi connectivity index (χ4v) is 3.25. The van der Waals surface area contributed by atoms with Gasteiger partial charge in [0.25, 0.3) is 0 Å². The van der Waals surface area contributed by atoms with Gasteiger partial charge in [0.1, 0.15) is 5.60 Å². The molecule has 130 valence electrons. The van der Waals surface area contributed by atoms with Gasteiger partial charge in [-0.05, 0) is 44.5 Å². The summed E-state index contributed by atoms with van der Waals surface area (Å²) >= 11 is 0.